The van der Waals surface area contributed by atoms with E-state index in [4.69, 9.17) is 11.6 Å². The monoisotopic (exact) mass is 245 g/mol. The number of rotatable bonds is 1. The molecular weight excluding hydrogens is 238 g/mol. The van der Waals surface area contributed by atoms with Gasteiger partial charge in [-0.2, -0.15) is 0 Å². The van der Waals surface area contributed by atoms with Crippen molar-refractivity contribution in [2.75, 3.05) is 0 Å². The zero-order chi connectivity index (χ0) is 11.8. The molecule has 0 unspecified atom stereocenters. The van der Waals surface area contributed by atoms with Crippen LogP contribution in [0.4, 0.5) is 0 Å². The first kappa shape index (κ1) is 10.1. The number of aromatic nitrogens is 3. The molecule has 84 valence electrons. The van der Waals surface area contributed by atoms with Gasteiger partial charge in [0.05, 0.1) is 5.69 Å². The van der Waals surface area contributed by atoms with Crippen LogP contribution in [0.1, 0.15) is 0 Å². The molecule has 17 heavy (non-hydrogen) atoms. The highest BCUT2D eigenvalue weighted by molar-refractivity contribution is 6.30. The molecule has 2 aromatic heterocycles. The topological polar surface area (TPSA) is 50.2 Å². The second-order valence-electron chi connectivity index (χ2n) is 3.65. The van der Waals surface area contributed by atoms with Crippen molar-refractivity contribution in [2.24, 2.45) is 0 Å². The van der Waals surface area contributed by atoms with Crippen molar-refractivity contribution in [1.29, 1.82) is 0 Å². The Morgan fingerprint density at radius 2 is 2.12 bits per heavy atom. The quantitative estimate of drug-likeness (QED) is 0.715. The van der Waals surface area contributed by atoms with Gasteiger partial charge in [-0.25, -0.2) is 9.50 Å². The highest BCUT2D eigenvalue weighted by Crippen LogP contribution is 2.20. The molecule has 0 atom stereocenters. The molecular formula is C12H8ClN3O. The average Bonchev–Trinajstić information content (AvgIpc) is 2.77. The molecule has 0 aliphatic carbocycles. The number of H-pyrrole nitrogens is 1. The maximum atomic E-state index is 11.8. The lowest BCUT2D eigenvalue weighted by atomic mass is 10.1. The molecule has 5 heteroatoms. The van der Waals surface area contributed by atoms with E-state index in [-0.39, 0.29) is 5.56 Å². The van der Waals surface area contributed by atoms with Crippen molar-refractivity contribution in [1.82, 2.24) is 14.6 Å². The van der Waals surface area contributed by atoms with Crippen LogP contribution < -0.4 is 5.56 Å². The van der Waals surface area contributed by atoms with E-state index in [1.165, 1.54) is 10.6 Å². The molecule has 0 saturated carbocycles. The number of nitrogens with zero attached hydrogens (tertiary/aromatic N) is 2. The van der Waals surface area contributed by atoms with E-state index in [2.05, 4.69) is 10.1 Å². The normalized spacial score (nSPS) is 10.9. The predicted octanol–water partition coefficient (Wildman–Crippen LogP) is 2.34. The van der Waals surface area contributed by atoms with Crippen molar-refractivity contribution in [3.05, 3.63) is 58.0 Å². The predicted molar refractivity (Wildman–Crippen MR) is 66.3 cm³/mol. The van der Waals surface area contributed by atoms with Crippen molar-refractivity contribution < 1.29 is 0 Å². The van der Waals surface area contributed by atoms with Gasteiger partial charge in [0.1, 0.15) is 0 Å². The molecule has 4 nitrogen and oxygen atoms in total. The molecule has 1 N–H and O–H groups in total. The fraction of sp³-hybridized carbons (Fsp3) is 0. The zero-order valence-electron chi connectivity index (χ0n) is 8.72. The number of hydrogen-bond donors (Lipinski definition) is 1. The van der Waals surface area contributed by atoms with E-state index < -0.39 is 0 Å². The van der Waals surface area contributed by atoms with Gasteiger partial charge in [-0.1, -0.05) is 23.7 Å². The maximum absolute atomic E-state index is 11.8. The van der Waals surface area contributed by atoms with Gasteiger partial charge in [-0.15, -0.1) is 0 Å². The van der Waals surface area contributed by atoms with Crippen LogP contribution in [0.2, 0.25) is 5.02 Å². The van der Waals surface area contributed by atoms with Crippen LogP contribution in [-0.4, -0.2) is 14.6 Å². The van der Waals surface area contributed by atoms with Crippen LogP contribution in [0, 0.1) is 0 Å². The van der Waals surface area contributed by atoms with Gasteiger partial charge in [0.15, 0.2) is 5.65 Å². The summed E-state index contributed by atoms with van der Waals surface area (Å²) < 4.78 is 1.38. The van der Waals surface area contributed by atoms with Gasteiger partial charge < -0.3 is 0 Å². The highest BCUT2D eigenvalue weighted by atomic mass is 35.5. The zero-order valence-corrected chi connectivity index (χ0v) is 9.48. The Morgan fingerprint density at radius 1 is 1.24 bits per heavy atom. The number of hydrogen-bond acceptors (Lipinski definition) is 2. The van der Waals surface area contributed by atoms with E-state index in [0.29, 0.717) is 16.4 Å². The summed E-state index contributed by atoms with van der Waals surface area (Å²) in [6.45, 7) is 0. The second kappa shape index (κ2) is 3.75. The molecule has 2 heterocycles. The highest BCUT2D eigenvalue weighted by Gasteiger charge is 2.05. The lowest BCUT2D eigenvalue weighted by Crippen LogP contribution is -2.13. The average molecular weight is 246 g/mol. The number of nitrogens with one attached hydrogen (secondary N) is 1. The summed E-state index contributed by atoms with van der Waals surface area (Å²) in [6, 6.07) is 10.5. The smallest absolute Gasteiger partial charge is 0.273 e. The molecule has 0 bridgehead atoms. The molecule has 0 radical (unpaired) electrons. The Labute approximate surface area is 101 Å². The van der Waals surface area contributed by atoms with Crippen molar-refractivity contribution in [3.8, 4) is 11.3 Å². The van der Waals surface area contributed by atoms with E-state index >= 15 is 0 Å². The molecule has 0 aliphatic heterocycles. The second-order valence-corrected chi connectivity index (χ2v) is 4.08. The number of benzene rings is 1. The Bertz CT molecular complexity index is 745. The number of fused-ring (bicyclic) bond motifs is 1. The summed E-state index contributed by atoms with van der Waals surface area (Å²) in [7, 11) is 0. The first-order valence-electron chi connectivity index (χ1n) is 5.07. The van der Waals surface area contributed by atoms with Gasteiger partial charge in [-0.3, -0.25) is 9.89 Å². The van der Waals surface area contributed by atoms with Crippen LogP contribution in [0.15, 0.2) is 47.4 Å². The maximum Gasteiger partial charge on any atom is 0.273 e. The van der Waals surface area contributed by atoms with Gasteiger partial charge in [0.25, 0.3) is 5.56 Å². The lowest BCUT2D eigenvalue weighted by molar-refractivity contribution is 0.901. The Hall–Kier alpha value is -2.07. The summed E-state index contributed by atoms with van der Waals surface area (Å²) in [4.78, 5) is 16.2. The van der Waals surface area contributed by atoms with Crippen LogP contribution in [0.3, 0.4) is 0 Å². The molecule has 0 spiro atoms. The molecule has 0 fully saturated rings. The largest absolute Gasteiger partial charge is 0.297 e. The fourth-order valence-corrected chi connectivity index (χ4v) is 1.91. The fourth-order valence-electron chi connectivity index (χ4n) is 1.72. The third-order valence-corrected chi connectivity index (χ3v) is 2.74. The van der Waals surface area contributed by atoms with Crippen molar-refractivity contribution in [2.45, 2.75) is 0 Å². The molecule has 3 aromatic rings. The standard InChI is InChI=1S/C12H8ClN3O/c13-9-3-1-2-8(6-9)10-7-12(17)16-11(15-10)4-5-14-16/h1-7,14H. The molecule has 0 aliphatic rings. The van der Waals surface area contributed by atoms with E-state index in [0.717, 1.165) is 5.56 Å². The number of aromatic amines is 1. The SMILES string of the molecule is O=c1cc(-c2cccc(Cl)c2)nc2cc[nH]n12. The number of halogens is 1. The Morgan fingerprint density at radius 3 is 2.94 bits per heavy atom. The first-order chi connectivity index (χ1) is 8.24. The third-order valence-electron chi connectivity index (χ3n) is 2.50. The summed E-state index contributed by atoms with van der Waals surface area (Å²) in [5, 5.41) is 3.42. The molecule has 1 aromatic carbocycles. The first-order valence-corrected chi connectivity index (χ1v) is 5.45. The van der Waals surface area contributed by atoms with E-state index in [1.54, 1.807) is 24.4 Å². The summed E-state index contributed by atoms with van der Waals surface area (Å²) in [5.41, 5.74) is 1.90. The minimum absolute atomic E-state index is 0.144. The van der Waals surface area contributed by atoms with Crippen molar-refractivity contribution >= 4 is 17.2 Å². The Kier molecular flexibility index (Phi) is 2.23. The minimum atomic E-state index is -0.144. The van der Waals surface area contributed by atoms with Crippen LogP contribution in [0.25, 0.3) is 16.9 Å². The molecule has 3 rings (SSSR count). The van der Waals surface area contributed by atoms with Gasteiger partial charge in [-0.05, 0) is 12.1 Å². The summed E-state index contributed by atoms with van der Waals surface area (Å²) in [5.74, 6) is 0. The van der Waals surface area contributed by atoms with Crippen LogP contribution >= 0.6 is 11.6 Å². The molecule has 0 amide bonds. The third kappa shape index (κ3) is 1.72. The Balaban J connectivity index is 2.27. The van der Waals surface area contributed by atoms with E-state index in [1.807, 2.05) is 12.1 Å². The van der Waals surface area contributed by atoms with Gasteiger partial charge >= 0.3 is 0 Å². The minimum Gasteiger partial charge on any atom is -0.297 e. The van der Waals surface area contributed by atoms with Crippen LogP contribution in [0.5, 0.6) is 0 Å². The summed E-state index contributed by atoms with van der Waals surface area (Å²) >= 11 is 5.91. The summed E-state index contributed by atoms with van der Waals surface area (Å²) in [6.07, 6.45) is 1.67. The van der Waals surface area contributed by atoms with Gasteiger partial charge in [0, 0.05) is 28.9 Å². The van der Waals surface area contributed by atoms with Gasteiger partial charge in [0.2, 0.25) is 0 Å². The molecule has 0 saturated heterocycles. The van der Waals surface area contributed by atoms with Crippen molar-refractivity contribution in [3.63, 3.8) is 0 Å². The van der Waals surface area contributed by atoms with E-state index in [9.17, 15) is 4.79 Å². The lowest BCUT2D eigenvalue weighted by Gasteiger charge is -2.01. The van der Waals surface area contributed by atoms with Crippen LogP contribution in [-0.2, 0) is 0 Å².